The summed E-state index contributed by atoms with van der Waals surface area (Å²) in [6, 6.07) is 14.2. The van der Waals surface area contributed by atoms with Gasteiger partial charge in [0.05, 0.1) is 5.54 Å². The predicted molar refractivity (Wildman–Crippen MR) is 187 cm³/mol. The molecule has 1 atom stereocenters. The van der Waals surface area contributed by atoms with Crippen LogP contribution in [0.2, 0.25) is 0 Å². The number of halogens is 2. The van der Waals surface area contributed by atoms with Gasteiger partial charge in [0.1, 0.15) is 28.5 Å². The van der Waals surface area contributed by atoms with Crippen molar-refractivity contribution in [2.45, 2.75) is 44.7 Å². The number of nitrogens with zero attached hydrogens (tertiary/aromatic N) is 4. The van der Waals surface area contributed by atoms with E-state index in [2.05, 4.69) is 58.6 Å². The van der Waals surface area contributed by atoms with Gasteiger partial charge in [0.2, 0.25) is 0 Å². The van der Waals surface area contributed by atoms with Gasteiger partial charge in [-0.2, -0.15) is 0 Å². The maximum atomic E-state index is 15.3. The number of ether oxygens (including phenoxy) is 1. The van der Waals surface area contributed by atoms with E-state index in [0.29, 0.717) is 17.3 Å². The number of rotatable bonds is 7. The standard InChI is InChI=1S/C36H36F2N6O3.C2H2/c1-36(2,43-21-15-27(23-43)42-18-3-4-19-42)16-13-28-31(14-17-40-33(28)39)47-32-12-9-25(22-30(32)38)41-34(45)29-6-5-20-44(35(29)46)26-10-7-24(37)8-11-26;1-2/h5-12,14,17,20,22,27H,3-4,15,18-19,21,23H2,1-2H3,(H2,39,40)(H,41,45);1-2H/t27-;/m0./s1. The van der Waals surface area contributed by atoms with Gasteiger partial charge in [-0.15, -0.1) is 12.8 Å². The average molecular weight is 665 g/mol. The molecule has 4 heterocycles. The molecule has 0 spiro atoms. The second-order valence-corrected chi connectivity index (χ2v) is 12.3. The van der Waals surface area contributed by atoms with Crippen molar-refractivity contribution in [2.24, 2.45) is 0 Å². The van der Waals surface area contributed by atoms with Crippen LogP contribution in [-0.2, 0) is 0 Å². The molecule has 1 amide bonds. The third kappa shape index (κ3) is 7.98. The summed E-state index contributed by atoms with van der Waals surface area (Å²) in [4.78, 5) is 35.1. The molecule has 0 unspecified atom stereocenters. The van der Waals surface area contributed by atoms with Crippen molar-refractivity contribution in [3.05, 3.63) is 106 Å². The molecule has 4 aromatic rings. The molecule has 0 saturated carbocycles. The summed E-state index contributed by atoms with van der Waals surface area (Å²) in [5.74, 6) is 4.88. The molecule has 0 radical (unpaired) electrons. The maximum Gasteiger partial charge on any atom is 0.267 e. The number of aromatic nitrogens is 2. The van der Waals surface area contributed by atoms with Gasteiger partial charge in [-0.1, -0.05) is 11.8 Å². The van der Waals surface area contributed by atoms with Crippen molar-refractivity contribution >= 4 is 17.4 Å². The zero-order valence-electron chi connectivity index (χ0n) is 27.5. The average Bonchev–Trinajstić information content (AvgIpc) is 3.81. The largest absolute Gasteiger partial charge is 0.453 e. The molecule has 2 aromatic carbocycles. The number of amides is 1. The van der Waals surface area contributed by atoms with E-state index >= 15 is 4.39 Å². The van der Waals surface area contributed by atoms with Crippen LogP contribution in [-0.4, -0.2) is 63.0 Å². The molecule has 0 bridgehead atoms. The molecule has 9 nitrogen and oxygen atoms in total. The highest BCUT2D eigenvalue weighted by molar-refractivity contribution is 6.04. The lowest BCUT2D eigenvalue weighted by molar-refractivity contribution is 0.102. The van der Waals surface area contributed by atoms with Crippen molar-refractivity contribution in [1.82, 2.24) is 19.4 Å². The minimum Gasteiger partial charge on any atom is -0.453 e. The smallest absolute Gasteiger partial charge is 0.267 e. The van der Waals surface area contributed by atoms with Gasteiger partial charge in [0.25, 0.3) is 11.5 Å². The molecule has 2 saturated heterocycles. The number of nitrogens with one attached hydrogen (secondary N) is 1. The number of hydrogen-bond acceptors (Lipinski definition) is 7. The highest BCUT2D eigenvalue weighted by Crippen LogP contribution is 2.31. The summed E-state index contributed by atoms with van der Waals surface area (Å²) in [7, 11) is 0. The SMILES string of the molecule is C#C.CC(C)(C#Cc1c(Oc2ccc(NC(=O)c3cccn(-c4ccc(F)cc4)c3=O)cc2F)ccnc1N)N1CC[C@H](N2CCCC2)C1. The number of nitrogens with two attached hydrogens (primary N) is 1. The van der Waals surface area contributed by atoms with Crippen LogP contribution in [0.4, 0.5) is 20.3 Å². The van der Waals surface area contributed by atoms with Gasteiger partial charge in [-0.3, -0.25) is 24.0 Å². The first-order valence-electron chi connectivity index (χ1n) is 16.0. The lowest BCUT2D eigenvalue weighted by Gasteiger charge is -2.32. The summed E-state index contributed by atoms with van der Waals surface area (Å²) in [6.07, 6.45) is 14.6. The molecular weight excluding hydrogens is 626 g/mol. The van der Waals surface area contributed by atoms with E-state index in [1.54, 1.807) is 6.07 Å². The third-order valence-corrected chi connectivity index (χ3v) is 8.75. The number of nitrogen functional groups attached to an aromatic ring is 1. The molecule has 49 heavy (non-hydrogen) atoms. The lowest BCUT2D eigenvalue weighted by atomic mass is 10.0. The van der Waals surface area contributed by atoms with Crippen LogP contribution in [0.1, 0.15) is 49.0 Å². The Labute approximate surface area is 284 Å². The fourth-order valence-electron chi connectivity index (χ4n) is 6.07. The zero-order chi connectivity index (χ0) is 35.1. The second kappa shape index (κ2) is 15.2. The molecule has 2 aliphatic rings. The molecule has 2 aromatic heterocycles. The number of anilines is 2. The van der Waals surface area contributed by atoms with Crippen molar-refractivity contribution in [3.63, 3.8) is 0 Å². The molecule has 3 N–H and O–H groups in total. The van der Waals surface area contributed by atoms with Crippen molar-refractivity contribution in [2.75, 3.05) is 37.2 Å². The number of carbonyl (C=O) groups is 1. The van der Waals surface area contributed by atoms with E-state index < -0.39 is 28.6 Å². The summed E-state index contributed by atoms with van der Waals surface area (Å²) >= 11 is 0. The Bertz CT molecular complexity index is 1960. The van der Waals surface area contributed by atoms with E-state index in [1.807, 2.05) is 0 Å². The van der Waals surface area contributed by atoms with Gasteiger partial charge in [-0.05, 0) is 94.7 Å². The van der Waals surface area contributed by atoms with E-state index in [9.17, 15) is 14.0 Å². The minimum atomic E-state index is -0.751. The fraction of sp³-hybridized carbons (Fsp3) is 0.289. The van der Waals surface area contributed by atoms with Crippen molar-refractivity contribution in [1.29, 1.82) is 0 Å². The topological polar surface area (TPSA) is 106 Å². The highest BCUT2D eigenvalue weighted by Gasteiger charge is 2.35. The number of likely N-dealkylation sites (tertiary alicyclic amines) is 2. The Hall–Kier alpha value is -5.49. The normalized spacial score (nSPS) is 16.2. The Morgan fingerprint density at radius 3 is 2.49 bits per heavy atom. The summed E-state index contributed by atoms with van der Waals surface area (Å²) in [5.41, 5.74) is 5.86. The second-order valence-electron chi connectivity index (χ2n) is 12.3. The van der Waals surface area contributed by atoms with E-state index in [1.165, 1.54) is 78.3 Å². The van der Waals surface area contributed by atoms with Crippen molar-refractivity contribution in [3.8, 4) is 41.9 Å². The first kappa shape index (κ1) is 34.8. The summed E-state index contributed by atoms with van der Waals surface area (Å²) in [5, 5.41) is 2.56. The Morgan fingerprint density at radius 2 is 1.78 bits per heavy atom. The van der Waals surface area contributed by atoms with Crippen LogP contribution in [0.3, 0.4) is 0 Å². The third-order valence-electron chi connectivity index (χ3n) is 8.75. The molecule has 2 fully saturated rings. The van der Waals surface area contributed by atoms with Gasteiger partial charge >= 0.3 is 0 Å². The van der Waals surface area contributed by atoms with Gasteiger partial charge in [0.15, 0.2) is 11.6 Å². The molecule has 11 heteroatoms. The van der Waals surface area contributed by atoms with Crippen molar-refractivity contribution < 1.29 is 18.3 Å². The molecule has 252 valence electrons. The van der Waals surface area contributed by atoms with E-state index in [0.717, 1.165) is 38.7 Å². The number of terminal acetylenes is 1. The van der Waals surface area contributed by atoms with E-state index in [-0.39, 0.29) is 28.6 Å². The number of hydrogen-bond donors (Lipinski definition) is 2. The molecule has 0 aliphatic carbocycles. The van der Waals surface area contributed by atoms with Crippen LogP contribution >= 0.6 is 0 Å². The molecular formula is C38H38F2N6O3. The number of benzene rings is 2. The Balaban J connectivity index is 0.00000230. The Kier molecular flexibility index (Phi) is 10.8. The molecule has 6 rings (SSSR count). The first-order chi connectivity index (χ1) is 23.6. The minimum absolute atomic E-state index is 0.109. The quantitative estimate of drug-likeness (QED) is 0.245. The fourth-order valence-corrected chi connectivity index (χ4v) is 6.07. The summed E-state index contributed by atoms with van der Waals surface area (Å²) < 4.78 is 35.8. The zero-order valence-corrected chi connectivity index (χ0v) is 27.5. The van der Waals surface area contributed by atoms with Crippen LogP contribution in [0.25, 0.3) is 5.69 Å². The van der Waals surface area contributed by atoms with Crippen LogP contribution in [0.15, 0.2) is 77.9 Å². The molecule has 2 aliphatic heterocycles. The highest BCUT2D eigenvalue weighted by atomic mass is 19.1. The monoisotopic (exact) mass is 664 g/mol. The van der Waals surface area contributed by atoms with Crippen LogP contribution in [0, 0.1) is 36.3 Å². The number of carbonyl (C=O) groups excluding carboxylic acids is 1. The van der Waals surface area contributed by atoms with Gasteiger partial charge in [0, 0.05) is 55.0 Å². The van der Waals surface area contributed by atoms with Gasteiger partial charge < -0.3 is 15.8 Å². The van der Waals surface area contributed by atoms with Gasteiger partial charge in [-0.25, -0.2) is 13.8 Å². The lowest BCUT2D eigenvalue weighted by Crippen LogP contribution is -2.43. The Morgan fingerprint density at radius 1 is 1.04 bits per heavy atom. The first-order valence-corrected chi connectivity index (χ1v) is 16.0. The predicted octanol–water partition coefficient (Wildman–Crippen LogP) is 5.69. The van der Waals surface area contributed by atoms with Crippen LogP contribution in [0.5, 0.6) is 11.5 Å². The summed E-state index contributed by atoms with van der Waals surface area (Å²) in [6.45, 7) is 8.40. The maximum absolute atomic E-state index is 15.3. The van der Waals surface area contributed by atoms with E-state index in [4.69, 9.17) is 10.5 Å². The number of pyridine rings is 2. The van der Waals surface area contributed by atoms with Crippen LogP contribution < -0.4 is 21.3 Å².